The van der Waals surface area contributed by atoms with Crippen LogP contribution in [0.3, 0.4) is 0 Å². The van der Waals surface area contributed by atoms with Crippen molar-refractivity contribution in [3.63, 3.8) is 0 Å². The van der Waals surface area contributed by atoms with E-state index in [0.29, 0.717) is 18.8 Å². The summed E-state index contributed by atoms with van der Waals surface area (Å²) in [4.78, 5) is 4.06. The van der Waals surface area contributed by atoms with Crippen LogP contribution in [0.4, 0.5) is 5.69 Å². The van der Waals surface area contributed by atoms with Gasteiger partial charge in [0.2, 0.25) is 10.0 Å². The van der Waals surface area contributed by atoms with Gasteiger partial charge in [-0.3, -0.25) is 4.98 Å². The lowest BCUT2D eigenvalue weighted by Crippen LogP contribution is -2.50. The van der Waals surface area contributed by atoms with Gasteiger partial charge < -0.3 is 15.2 Å². The Balaban J connectivity index is 2.34. The second-order valence-electron chi connectivity index (χ2n) is 4.83. The number of pyridine rings is 1. The molecule has 0 saturated carbocycles. The van der Waals surface area contributed by atoms with Crippen LogP contribution in [-0.2, 0) is 14.8 Å². The molecule has 118 valence electrons. The molecule has 1 aliphatic rings. The number of aliphatic hydroxyl groups excluding tert-OH is 1. The largest absolute Gasteiger partial charge is 0.395 e. The maximum Gasteiger partial charge on any atom is 0.247 e. The van der Waals surface area contributed by atoms with E-state index >= 15 is 0 Å². The summed E-state index contributed by atoms with van der Waals surface area (Å²) < 4.78 is 32.2. The minimum atomic E-state index is -3.72. The van der Waals surface area contributed by atoms with Crippen LogP contribution in [0.1, 0.15) is 13.3 Å². The van der Waals surface area contributed by atoms with Gasteiger partial charge in [-0.25, -0.2) is 8.42 Å². The molecule has 0 amide bonds. The number of aliphatic hydroxyl groups is 1. The summed E-state index contributed by atoms with van der Waals surface area (Å²) in [6, 6.07) is 1.10. The topological polar surface area (TPSA) is 91.8 Å². The lowest BCUT2D eigenvalue weighted by Gasteiger charge is -2.33. The van der Waals surface area contributed by atoms with Gasteiger partial charge >= 0.3 is 0 Å². The molecule has 1 saturated heterocycles. The second kappa shape index (κ2) is 7.17. The van der Waals surface area contributed by atoms with E-state index in [4.69, 9.17) is 4.74 Å². The zero-order chi connectivity index (χ0) is 15.3. The highest BCUT2D eigenvalue weighted by Crippen LogP contribution is 2.26. The van der Waals surface area contributed by atoms with Crippen molar-refractivity contribution in [1.82, 2.24) is 9.29 Å². The van der Waals surface area contributed by atoms with Crippen molar-refractivity contribution in [3.8, 4) is 0 Å². The van der Waals surface area contributed by atoms with E-state index < -0.39 is 16.1 Å². The summed E-state index contributed by atoms with van der Waals surface area (Å²) in [6.45, 7) is 3.18. The molecule has 0 bridgehead atoms. The van der Waals surface area contributed by atoms with Gasteiger partial charge in [-0.2, -0.15) is 4.31 Å². The van der Waals surface area contributed by atoms with E-state index in [2.05, 4.69) is 10.3 Å². The molecule has 1 fully saturated rings. The van der Waals surface area contributed by atoms with Gasteiger partial charge in [-0.05, 0) is 12.5 Å². The Morgan fingerprint density at radius 1 is 1.57 bits per heavy atom. The first kappa shape index (κ1) is 16.2. The van der Waals surface area contributed by atoms with Gasteiger partial charge in [-0.15, -0.1) is 0 Å². The lowest BCUT2D eigenvalue weighted by atomic mass is 10.3. The van der Waals surface area contributed by atoms with E-state index in [1.165, 1.54) is 10.5 Å². The molecular formula is C13H21N3O4S. The Hall–Kier alpha value is -1.22. The number of hydrogen-bond acceptors (Lipinski definition) is 6. The average molecular weight is 315 g/mol. The fourth-order valence-electron chi connectivity index (χ4n) is 2.22. The highest BCUT2D eigenvalue weighted by molar-refractivity contribution is 7.89. The molecule has 8 heteroatoms. The third-order valence-electron chi connectivity index (χ3n) is 3.32. The van der Waals surface area contributed by atoms with Gasteiger partial charge in [0.15, 0.2) is 0 Å². The molecule has 2 rings (SSSR count). The average Bonchev–Trinajstić information content (AvgIpc) is 2.53. The molecule has 1 unspecified atom stereocenters. The zero-order valence-electron chi connectivity index (χ0n) is 12.0. The predicted octanol–water partition coefficient (Wildman–Crippen LogP) is 0.285. The maximum absolute atomic E-state index is 12.8. The number of nitrogens with one attached hydrogen (secondary N) is 1. The quantitative estimate of drug-likeness (QED) is 0.784. The molecule has 0 aliphatic carbocycles. The van der Waals surface area contributed by atoms with Crippen molar-refractivity contribution in [2.75, 3.05) is 38.2 Å². The molecule has 1 aromatic rings. The Labute approximate surface area is 125 Å². The molecule has 1 atom stereocenters. The Morgan fingerprint density at radius 2 is 2.38 bits per heavy atom. The molecule has 2 heterocycles. The molecule has 1 aliphatic heterocycles. The number of morpholine rings is 1. The fourth-order valence-corrected chi connectivity index (χ4v) is 3.92. The summed E-state index contributed by atoms with van der Waals surface area (Å²) in [6.07, 6.45) is 3.79. The molecule has 21 heavy (non-hydrogen) atoms. The van der Waals surface area contributed by atoms with Crippen LogP contribution in [0.2, 0.25) is 0 Å². The number of aromatic nitrogens is 1. The van der Waals surface area contributed by atoms with Crippen molar-refractivity contribution in [3.05, 3.63) is 18.5 Å². The predicted molar refractivity (Wildman–Crippen MR) is 78.6 cm³/mol. The van der Waals surface area contributed by atoms with Gasteiger partial charge in [0.25, 0.3) is 0 Å². The number of nitrogens with zero attached hydrogens (tertiary/aromatic N) is 2. The van der Waals surface area contributed by atoms with Crippen LogP contribution in [0.5, 0.6) is 0 Å². The number of sulfonamides is 1. The van der Waals surface area contributed by atoms with E-state index in [9.17, 15) is 13.5 Å². The maximum atomic E-state index is 12.8. The number of hydrogen-bond donors (Lipinski definition) is 2. The minimum Gasteiger partial charge on any atom is -0.395 e. The van der Waals surface area contributed by atoms with E-state index in [1.54, 1.807) is 12.3 Å². The first-order chi connectivity index (χ1) is 10.1. The normalized spacial score (nSPS) is 20.4. The molecular weight excluding hydrogens is 294 g/mol. The zero-order valence-corrected chi connectivity index (χ0v) is 12.8. The molecule has 7 nitrogen and oxygen atoms in total. The standard InChI is InChI=1S/C13H21N3O4S/c1-2-4-15-12-3-5-14-8-13(12)21(18,19)16-6-7-20-10-11(16)9-17/h3,5,8,11,17H,2,4,6-7,9-10H2,1H3,(H,14,15). The van der Waals surface area contributed by atoms with Crippen molar-refractivity contribution in [2.45, 2.75) is 24.3 Å². The fraction of sp³-hybridized carbons (Fsp3) is 0.615. The van der Waals surface area contributed by atoms with E-state index in [0.717, 1.165) is 6.42 Å². The number of anilines is 1. The van der Waals surface area contributed by atoms with Crippen LogP contribution in [0, 0.1) is 0 Å². The SMILES string of the molecule is CCCNc1ccncc1S(=O)(=O)N1CCOCC1CO. The second-order valence-corrected chi connectivity index (χ2v) is 6.68. The highest BCUT2D eigenvalue weighted by atomic mass is 32.2. The Morgan fingerprint density at radius 3 is 3.10 bits per heavy atom. The molecule has 1 aromatic heterocycles. The molecule has 2 N–H and O–H groups in total. The van der Waals surface area contributed by atoms with E-state index in [1.807, 2.05) is 6.92 Å². The molecule has 0 aromatic carbocycles. The molecule has 0 radical (unpaired) electrons. The van der Waals surface area contributed by atoms with Gasteiger partial charge in [-0.1, -0.05) is 6.92 Å². The Bertz CT molecular complexity index is 564. The highest BCUT2D eigenvalue weighted by Gasteiger charge is 2.35. The monoisotopic (exact) mass is 315 g/mol. The van der Waals surface area contributed by atoms with Crippen molar-refractivity contribution in [1.29, 1.82) is 0 Å². The van der Waals surface area contributed by atoms with Gasteiger partial charge in [0.05, 0.1) is 31.5 Å². The van der Waals surface area contributed by atoms with Crippen LogP contribution in [-0.4, -0.2) is 61.8 Å². The lowest BCUT2D eigenvalue weighted by molar-refractivity contribution is 0.0109. The third kappa shape index (κ3) is 3.52. The van der Waals surface area contributed by atoms with Crippen LogP contribution in [0.25, 0.3) is 0 Å². The minimum absolute atomic E-state index is 0.138. The van der Waals surface area contributed by atoms with Gasteiger partial charge in [0.1, 0.15) is 4.90 Å². The van der Waals surface area contributed by atoms with Crippen LogP contribution < -0.4 is 5.32 Å². The molecule has 0 spiro atoms. The van der Waals surface area contributed by atoms with Crippen LogP contribution in [0.15, 0.2) is 23.4 Å². The number of ether oxygens (including phenoxy) is 1. The van der Waals surface area contributed by atoms with Gasteiger partial charge in [0, 0.05) is 25.5 Å². The first-order valence-electron chi connectivity index (χ1n) is 6.99. The van der Waals surface area contributed by atoms with Crippen LogP contribution >= 0.6 is 0 Å². The van der Waals surface area contributed by atoms with E-state index in [-0.39, 0.29) is 24.7 Å². The summed E-state index contributed by atoms with van der Waals surface area (Å²) in [5, 5.41) is 12.5. The third-order valence-corrected chi connectivity index (χ3v) is 5.30. The first-order valence-corrected chi connectivity index (χ1v) is 8.43. The van der Waals surface area contributed by atoms with Crippen molar-refractivity contribution >= 4 is 15.7 Å². The summed E-state index contributed by atoms with van der Waals surface area (Å²) >= 11 is 0. The Kier molecular flexibility index (Phi) is 5.51. The smallest absolute Gasteiger partial charge is 0.247 e. The summed E-state index contributed by atoms with van der Waals surface area (Å²) in [5.74, 6) is 0. The number of rotatable bonds is 6. The van der Waals surface area contributed by atoms with Crippen molar-refractivity contribution < 1.29 is 18.3 Å². The summed E-state index contributed by atoms with van der Waals surface area (Å²) in [7, 11) is -3.72. The summed E-state index contributed by atoms with van der Waals surface area (Å²) in [5.41, 5.74) is 0.537. The van der Waals surface area contributed by atoms with Crippen molar-refractivity contribution in [2.24, 2.45) is 0 Å².